The van der Waals surface area contributed by atoms with Crippen molar-refractivity contribution in [3.8, 4) is 6.07 Å². The zero-order valence-electron chi connectivity index (χ0n) is 15.3. The van der Waals surface area contributed by atoms with Crippen LogP contribution in [-0.2, 0) is 24.3 Å². The van der Waals surface area contributed by atoms with Crippen LogP contribution in [0.2, 0.25) is 0 Å². The Hall–Kier alpha value is -2.89. The molecule has 1 aromatic heterocycles. The van der Waals surface area contributed by atoms with Crippen LogP contribution in [0.1, 0.15) is 34.1 Å². The first-order chi connectivity index (χ1) is 14.4. The second-order valence-electron chi connectivity index (χ2n) is 6.55. The van der Waals surface area contributed by atoms with Gasteiger partial charge in [0, 0.05) is 11.8 Å². The van der Waals surface area contributed by atoms with Crippen molar-refractivity contribution in [3.63, 3.8) is 0 Å². The molecule has 0 amide bonds. The lowest BCUT2D eigenvalue weighted by Gasteiger charge is -2.30. The molecule has 2 unspecified atom stereocenters. The summed E-state index contributed by atoms with van der Waals surface area (Å²) in [5.74, 6) is -6.02. The molecule has 0 saturated carbocycles. The van der Waals surface area contributed by atoms with Gasteiger partial charge in [-0.15, -0.1) is 0 Å². The minimum Gasteiger partial charge on any atom is -0.387 e. The van der Waals surface area contributed by atoms with Gasteiger partial charge in [0.1, 0.15) is 17.7 Å². The highest BCUT2D eigenvalue weighted by atomic mass is 19.4. The standard InChI is InChI=1S/C18H11F9N2O3/c19-16(20,21)10-3-8(4-11(5-10)17(22,23)24)14(30)12(6-28)15(31,32)9-1-2-13(29-7-9)18(25,26)27/h1-5,7,12,14,30-32H. The molecule has 14 heteroatoms. The Morgan fingerprint density at radius 3 is 1.62 bits per heavy atom. The van der Waals surface area contributed by atoms with Gasteiger partial charge in [-0.25, -0.2) is 0 Å². The van der Waals surface area contributed by atoms with Gasteiger partial charge in [-0.05, 0) is 35.9 Å². The molecule has 5 nitrogen and oxygen atoms in total. The number of aliphatic hydroxyl groups is 3. The van der Waals surface area contributed by atoms with E-state index < -0.39 is 64.3 Å². The molecular formula is C18H11F9N2O3. The lowest BCUT2D eigenvalue weighted by molar-refractivity contribution is -0.216. The molecule has 2 rings (SSSR count). The van der Waals surface area contributed by atoms with Crippen molar-refractivity contribution in [2.45, 2.75) is 30.4 Å². The van der Waals surface area contributed by atoms with Crippen LogP contribution >= 0.6 is 0 Å². The van der Waals surface area contributed by atoms with Gasteiger partial charge in [0.05, 0.1) is 17.2 Å². The van der Waals surface area contributed by atoms with E-state index in [0.29, 0.717) is 12.1 Å². The van der Waals surface area contributed by atoms with E-state index in [9.17, 15) is 60.1 Å². The van der Waals surface area contributed by atoms with Gasteiger partial charge < -0.3 is 15.3 Å². The van der Waals surface area contributed by atoms with E-state index in [1.54, 1.807) is 0 Å². The van der Waals surface area contributed by atoms with Gasteiger partial charge in [0.2, 0.25) is 5.79 Å². The third-order valence-corrected chi connectivity index (χ3v) is 4.32. The van der Waals surface area contributed by atoms with Gasteiger partial charge in [-0.3, -0.25) is 4.98 Å². The summed E-state index contributed by atoms with van der Waals surface area (Å²) >= 11 is 0. The molecule has 0 bridgehead atoms. The van der Waals surface area contributed by atoms with Gasteiger partial charge in [-0.2, -0.15) is 44.8 Å². The molecule has 32 heavy (non-hydrogen) atoms. The molecule has 3 N–H and O–H groups in total. The molecule has 1 heterocycles. The van der Waals surface area contributed by atoms with E-state index >= 15 is 0 Å². The fourth-order valence-electron chi connectivity index (χ4n) is 2.68. The van der Waals surface area contributed by atoms with Crippen LogP contribution < -0.4 is 0 Å². The normalized spacial score (nSPS) is 15.2. The van der Waals surface area contributed by atoms with Gasteiger partial charge in [-0.1, -0.05) is 0 Å². The number of nitriles is 1. The number of nitrogens with zero attached hydrogens (tertiary/aromatic N) is 2. The number of aliphatic hydroxyl groups excluding tert-OH is 1. The molecular weight excluding hydrogens is 463 g/mol. The summed E-state index contributed by atoms with van der Waals surface area (Å²) in [7, 11) is 0. The van der Waals surface area contributed by atoms with Crippen molar-refractivity contribution in [3.05, 3.63) is 64.5 Å². The first-order valence-electron chi connectivity index (χ1n) is 8.24. The summed E-state index contributed by atoms with van der Waals surface area (Å²) in [4.78, 5) is 2.92. The molecule has 0 radical (unpaired) electrons. The van der Waals surface area contributed by atoms with E-state index in [1.165, 1.54) is 0 Å². The van der Waals surface area contributed by atoms with E-state index in [0.717, 1.165) is 6.07 Å². The predicted octanol–water partition coefficient (Wildman–Crippen LogP) is 4.15. The highest BCUT2D eigenvalue weighted by Crippen LogP contribution is 2.41. The Morgan fingerprint density at radius 1 is 0.781 bits per heavy atom. The van der Waals surface area contributed by atoms with Crippen LogP contribution in [0.4, 0.5) is 39.5 Å². The lowest BCUT2D eigenvalue weighted by Crippen LogP contribution is -2.38. The Morgan fingerprint density at radius 2 is 1.28 bits per heavy atom. The Balaban J connectivity index is 2.54. The topological polar surface area (TPSA) is 97.4 Å². The smallest absolute Gasteiger partial charge is 0.387 e. The summed E-state index contributed by atoms with van der Waals surface area (Å²) in [5.41, 5.74) is -7.14. The van der Waals surface area contributed by atoms with Crippen LogP contribution in [0.5, 0.6) is 0 Å². The number of pyridine rings is 1. The van der Waals surface area contributed by atoms with E-state index in [-0.39, 0.29) is 24.4 Å². The molecule has 0 aliphatic rings. The maximum absolute atomic E-state index is 13.0. The average molecular weight is 474 g/mol. The van der Waals surface area contributed by atoms with E-state index in [4.69, 9.17) is 0 Å². The maximum atomic E-state index is 13.0. The largest absolute Gasteiger partial charge is 0.433 e. The lowest BCUT2D eigenvalue weighted by atomic mass is 9.85. The number of hydrogen-bond acceptors (Lipinski definition) is 5. The van der Waals surface area contributed by atoms with Crippen molar-refractivity contribution in [1.82, 2.24) is 4.98 Å². The highest BCUT2D eigenvalue weighted by molar-refractivity contribution is 5.36. The van der Waals surface area contributed by atoms with Crippen LogP contribution in [0.25, 0.3) is 0 Å². The van der Waals surface area contributed by atoms with Crippen molar-refractivity contribution in [2.24, 2.45) is 5.92 Å². The molecule has 0 fully saturated rings. The van der Waals surface area contributed by atoms with Crippen molar-refractivity contribution in [1.29, 1.82) is 5.26 Å². The first-order valence-corrected chi connectivity index (χ1v) is 8.24. The van der Waals surface area contributed by atoms with Crippen LogP contribution in [0.15, 0.2) is 36.5 Å². The Bertz CT molecular complexity index is 975. The summed E-state index contributed by atoms with van der Waals surface area (Å²) in [6, 6.07) is 1.81. The van der Waals surface area contributed by atoms with Crippen molar-refractivity contribution >= 4 is 0 Å². The molecule has 0 aliphatic heterocycles. The van der Waals surface area contributed by atoms with Gasteiger partial charge in [0.25, 0.3) is 0 Å². The van der Waals surface area contributed by atoms with E-state index in [2.05, 4.69) is 4.98 Å². The quantitative estimate of drug-likeness (QED) is 0.457. The number of rotatable bonds is 4. The summed E-state index contributed by atoms with van der Waals surface area (Å²) in [6.45, 7) is 0. The molecule has 0 spiro atoms. The number of hydrogen-bond donors (Lipinski definition) is 3. The third-order valence-electron chi connectivity index (χ3n) is 4.32. The molecule has 0 aliphatic carbocycles. The number of benzene rings is 1. The van der Waals surface area contributed by atoms with Gasteiger partial charge in [0.15, 0.2) is 0 Å². The Kier molecular flexibility index (Phi) is 6.52. The first kappa shape index (κ1) is 25.4. The van der Waals surface area contributed by atoms with Crippen molar-refractivity contribution < 1.29 is 54.8 Å². The zero-order chi connectivity index (χ0) is 24.7. The van der Waals surface area contributed by atoms with Gasteiger partial charge >= 0.3 is 18.5 Å². The second kappa shape index (κ2) is 8.23. The molecule has 0 saturated heterocycles. The number of halogens is 9. The van der Waals surface area contributed by atoms with Crippen LogP contribution in [0.3, 0.4) is 0 Å². The minimum atomic E-state index is -5.29. The monoisotopic (exact) mass is 474 g/mol. The number of aromatic nitrogens is 1. The average Bonchev–Trinajstić information content (AvgIpc) is 2.66. The number of alkyl halides is 9. The third kappa shape index (κ3) is 5.29. The zero-order valence-corrected chi connectivity index (χ0v) is 15.3. The summed E-state index contributed by atoms with van der Waals surface area (Å²) < 4.78 is 116. The molecule has 1 aromatic carbocycles. The SMILES string of the molecule is N#CC(C(O)c1cc(C(F)(F)F)cc(C(F)(F)F)c1)C(O)(O)c1ccc(C(F)(F)F)nc1. The summed E-state index contributed by atoms with van der Waals surface area (Å²) in [5, 5.41) is 40.0. The minimum absolute atomic E-state index is 0.0747. The predicted molar refractivity (Wildman–Crippen MR) is 85.9 cm³/mol. The van der Waals surface area contributed by atoms with E-state index in [1.807, 2.05) is 0 Å². The Labute approximate surface area is 173 Å². The molecule has 2 atom stereocenters. The summed E-state index contributed by atoms with van der Waals surface area (Å²) in [6.07, 6.45) is -17.8. The second-order valence-corrected chi connectivity index (χ2v) is 6.55. The van der Waals surface area contributed by atoms with Crippen LogP contribution in [0, 0.1) is 17.2 Å². The fraction of sp³-hybridized carbons (Fsp3) is 0.333. The van der Waals surface area contributed by atoms with Crippen LogP contribution in [-0.4, -0.2) is 20.3 Å². The fourth-order valence-corrected chi connectivity index (χ4v) is 2.68. The maximum Gasteiger partial charge on any atom is 0.433 e. The van der Waals surface area contributed by atoms with Crippen molar-refractivity contribution in [2.75, 3.05) is 0 Å². The highest BCUT2D eigenvalue weighted by Gasteiger charge is 2.45. The molecule has 2 aromatic rings. The molecule has 174 valence electrons.